The first-order chi connectivity index (χ1) is 12.7. The van der Waals surface area contributed by atoms with Crippen molar-refractivity contribution in [1.29, 1.82) is 0 Å². The molecule has 0 aromatic carbocycles. The quantitative estimate of drug-likeness (QED) is 0.531. The Morgan fingerprint density at radius 2 is 2.19 bits per heavy atom. The predicted molar refractivity (Wildman–Crippen MR) is 99.0 cm³/mol. The molecule has 27 heavy (non-hydrogen) atoms. The second kappa shape index (κ2) is 7.35. The van der Waals surface area contributed by atoms with Crippen LogP contribution in [0.2, 0.25) is 0 Å². The van der Waals surface area contributed by atoms with Gasteiger partial charge in [-0.1, -0.05) is 6.07 Å². The molecule has 0 radical (unpaired) electrons. The molecule has 0 saturated carbocycles. The summed E-state index contributed by atoms with van der Waals surface area (Å²) in [6, 6.07) is 3.68. The normalized spacial score (nSPS) is 24.1. The molecular formula is C17H18N2O6S2. The number of carboxylic acid groups (broad SMARTS) is 1. The number of rotatable bonds is 6. The van der Waals surface area contributed by atoms with Gasteiger partial charge in [-0.3, -0.25) is 19.3 Å². The summed E-state index contributed by atoms with van der Waals surface area (Å²) < 4.78 is 4.90. The maximum atomic E-state index is 12.7. The molecule has 144 valence electrons. The zero-order chi connectivity index (χ0) is 19.8. The minimum atomic E-state index is -1.26. The number of thiophene rings is 1. The lowest BCUT2D eigenvalue weighted by Crippen LogP contribution is -2.78. The van der Waals surface area contributed by atoms with Crippen LogP contribution in [-0.2, 0) is 30.3 Å². The second-order valence-electron chi connectivity index (χ2n) is 6.38. The number of nitrogens with one attached hydrogen (secondary N) is 1. The molecule has 10 heteroatoms. The van der Waals surface area contributed by atoms with Crippen LogP contribution in [-0.4, -0.2) is 57.0 Å². The Balaban J connectivity index is 1.76. The largest absolute Gasteiger partial charge is 0.477 e. The van der Waals surface area contributed by atoms with E-state index in [1.807, 2.05) is 17.5 Å². The third-order valence-electron chi connectivity index (χ3n) is 4.35. The first-order valence-electron chi connectivity index (χ1n) is 8.11. The van der Waals surface area contributed by atoms with Crippen LogP contribution in [0.15, 0.2) is 28.8 Å². The Bertz CT molecular complexity index is 834. The molecule has 0 aliphatic carbocycles. The summed E-state index contributed by atoms with van der Waals surface area (Å²) >= 11 is 2.79. The fourth-order valence-electron chi connectivity index (χ4n) is 3.11. The van der Waals surface area contributed by atoms with Crippen LogP contribution in [0.25, 0.3) is 0 Å². The van der Waals surface area contributed by atoms with Crippen molar-refractivity contribution < 1.29 is 29.0 Å². The van der Waals surface area contributed by atoms with Gasteiger partial charge < -0.3 is 15.2 Å². The number of esters is 1. The maximum Gasteiger partial charge on any atom is 0.352 e. The van der Waals surface area contributed by atoms with E-state index in [4.69, 9.17) is 4.74 Å². The lowest BCUT2D eigenvalue weighted by molar-refractivity contribution is -0.158. The molecular weight excluding hydrogens is 392 g/mol. The van der Waals surface area contributed by atoms with Crippen LogP contribution < -0.4 is 5.32 Å². The molecule has 1 aromatic rings. The van der Waals surface area contributed by atoms with Crippen LogP contribution in [0, 0.1) is 0 Å². The zero-order valence-corrected chi connectivity index (χ0v) is 16.3. The molecule has 0 unspecified atom stereocenters. The summed E-state index contributed by atoms with van der Waals surface area (Å²) in [5.41, 5.74) is -0.985. The minimum absolute atomic E-state index is 0.164. The molecule has 2 aliphatic heterocycles. The number of β-lactam (4-membered cyclic amide) rings is 1. The van der Waals surface area contributed by atoms with Gasteiger partial charge in [0, 0.05) is 23.1 Å². The number of ether oxygens (including phenoxy) is 1. The highest BCUT2D eigenvalue weighted by molar-refractivity contribution is 8.00. The van der Waals surface area contributed by atoms with Gasteiger partial charge in [0.1, 0.15) is 23.2 Å². The van der Waals surface area contributed by atoms with Gasteiger partial charge in [-0.15, -0.1) is 23.1 Å². The number of aliphatic carboxylic acids is 1. The average molecular weight is 410 g/mol. The first kappa shape index (κ1) is 19.4. The zero-order valence-electron chi connectivity index (χ0n) is 14.7. The third-order valence-corrected chi connectivity index (χ3v) is 6.74. The Labute approximate surface area is 163 Å². The molecule has 3 rings (SSSR count). The highest BCUT2D eigenvalue weighted by Gasteiger charge is 2.62. The summed E-state index contributed by atoms with van der Waals surface area (Å²) in [5, 5.41) is 13.7. The summed E-state index contributed by atoms with van der Waals surface area (Å²) in [4.78, 5) is 49.8. The Morgan fingerprint density at radius 1 is 1.44 bits per heavy atom. The number of hydrogen-bond acceptors (Lipinski definition) is 7. The van der Waals surface area contributed by atoms with E-state index in [0.717, 1.165) is 4.88 Å². The number of fused-ring (bicyclic) bond motifs is 1. The van der Waals surface area contributed by atoms with Crippen LogP contribution in [0.1, 0.15) is 18.7 Å². The first-order valence-corrected chi connectivity index (χ1v) is 10.0. The molecule has 2 atom stereocenters. The Hall–Kier alpha value is -2.33. The van der Waals surface area contributed by atoms with Crippen molar-refractivity contribution in [3.8, 4) is 0 Å². The van der Waals surface area contributed by atoms with Crippen molar-refractivity contribution in [2.45, 2.75) is 31.2 Å². The molecule has 8 nitrogen and oxygen atoms in total. The van der Waals surface area contributed by atoms with Gasteiger partial charge in [0.15, 0.2) is 0 Å². The van der Waals surface area contributed by atoms with E-state index in [2.05, 4.69) is 5.32 Å². The number of nitrogens with zero attached hydrogens (tertiary/aromatic N) is 1. The molecule has 0 bridgehead atoms. The molecule has 1 aromatic heterocycles. The number of hydrogen-bond donors (Lipinski definition) is 2. The van der Waals surface area contributed by atoms with Crippen molar-refractivity contribution >= 4 is 46.9 Å². The van der Waals surface area contributed by atoms with Gasteiger partial charge >= 0.3 is 11.9 Å². The molecule has 1 saturated heterocycles. The summed E-state index contributed by atoms with van der Waals surface area (Å²) in [6.45, 7) is 2.66. The summed E-state index contributed by atoms with van der Waals surface area (Å²) in [7, 11) is 0. The van der Waals surface area contributed by atoms with Crippen molar-refractivity contribution in [3.05, 3.63) is 33.7 Å². The van der Waals surface area contributed by atoms with Crippen molar-refractivity contribution in [1.82, 2.24) is 10.2 Å². The van der Waals surface area contributed by atoms with Gasteiger partial charge in [0.05, 0.1) is 6.42 Å². The number of amides is 2. The van der Waals surface area contributed by atoms with Crippen LogP contribution in [0.3, 0.4) is 0 Å². The van der Waals surface area contributed by atoms with Crippen LogP contribution in [0.5, 0.6) is 0 Å². The van der Waals surface area contributed by atoms with Gasteiger partial charge in [-0.05, 0) is 18.4 Å². The van der Waals surface area contributed by atoms with Crippen LogP contribution >= 0.6 is 23.1 Å². The highest BCUT2D eigenvalue weighted by Crippen LogP contribution is 2.46. The van der Waals surface area contributed by atoms with Crippen LogP contribution in [0.4, 0.5) is 0 Å². The van der Waals surface area contributed by atoms with Gasteiger partial charge in [-0.2, -0.15) is 0 Å². The standard InChI is InChI=1S/C17H18N2O6S2/c1-9(20)25-7-10-8-27-16-17(2,15(24)19(16)13(10)14(22)23)18-12(21)6-11-4-3-5-26-11/h3-5,16H,6-8H2,1-2H3,(H,18,21)(H,22,23)/t16-,17+/m0/s1. The summed E-state index contributed by atoms with van der Waals surface area (Å²) in [5.74, 6) is -2.28. The average Bonchev–Trinajstić information content (AvgIpc) is 3.11. The smallest absolute Gasteiger partial charge is 0.352 e. The van der Waals surface area contributed by atoms with E-state index >= 15 is 0 Å². The summed E-state index contributed by atoms with van der Waals surface area (Å²) in [6.07, 6.45) is 0.164. The lowest BCUT2D eigenvalue weighted by Gasteiger charge is -2.55. The lowest BCUT2D eigenvalue weighted by atomic mass is 9.88. The molecule has 0 spiro atoms. The number of thioether (sulfide) groups is 1. The number of carbonyl (C=O) groups is 4. The van der Waals surface area contributed by atoms with Gasteiger partial charge in [-0.25, -0.2) is 4.79 Å². The molecule has 1 fully saturated rings. The Kier molecular flexibility index (Phi) is 5.29. The fraction of sp³-hybridized carbons (Fsp3) is 0.412. The third kappa shape index (κ3) is 3.59. The van der Waals surface area contributed by atoms with E-state index in [9.17, 15) is 24.3 Å². The number of carboxylic acids is 1. The maximum absolute atomic E-state index is 12.7. The number of carbonyl (C=O) groups excluding carboxylic acids is 3. The fourth-order valence-corrected chi connectivity index (χ4v) is 5.23. The minimum Gasteiger partial charge on any atom is -0.477 e. The van der Waals surface area contributed by atoms with Crippen molar-refractivity contribution in [2.24, 2.45) is 0 Å². The van der Waals surface area contributed by atoms with E-state index < -0.39 is 28.8 Å². The van der Waals surface area contributed by atoms with Gasteiger partial charge in [0.2, 0.25) is 5.91 Å². The monoisotopic (exact) mass is 410 g/mol. The predicted octanol–water partition coefficient (Wildman–Crippen LogP) is 0.982. The topological polar surface area (TPSA) is 113 Å². The SMILES string of the molecule is CC(=O)OCC1=C(C(=O)O)N2C(=O)[C@@](C)(NC(=O)Cc3cccs3)[C@@H]2SC1. The molecule has 2 amide bonds. The van der Waals surface area contributed by atoms with E-state index in [-0.39, 0.29) is 24.6 Å². The van der Waals surface area contributed by atoms with E-state index in [1.165, 1.54) is 34.9 Å². The molecule has 3 heterocycles. The molecule has 2 aliphatic rings. The van der Waals surface area contributed by atoms with E-state index in [1.54, 1.807) is 6.92 Å². The molecule has 2 N–H and O–H groups in total. The van der Waals surface area contributed by atoms with E-state index in [0.29, 0.717) is 11.3 Å². The van der Waals surface area contributed by atoms with Crippen molar-refractivity contribution in [2.75, 3.05) is 12.4 Å². The second-order valence-corrected chi connectivity index (χ2v) is 8.48. The highest BCUT2D eigenvalue weighted by atomic mass is 32.2. The van der Waals surface area contributed by atoms with Gasteiger partial charge in [0.25, 0.3) is 5.91 Å². The van der Waals surface area contributed by atoms with Crippen molar-refractivity contribution in [3.63, 3.8) is 0 Å². The Morgan fingerprint density at radius 3 is 2.78 bits per heavy atom.